The molecule has 6 heteroatoms. The van der Waals surface area contributed by atoms with Crippen LogP contribution in [0.3, 0.4) is 0 Å². The van der Waals surface area contributed by atoms with E-state index in [2.05, 4.69) is 144 Å². The Hall–Kier alpha value is -2.80. The SMILES string of the molecule is CC(C)(C)c1ccc(C(C)(C)C)c(N2C(=O)c3c(Br)cc4c5cccc6cccc(c7c(Br)c(Br)c(c3c47)C2=O)c65)c1. The van der Waals surface area contributed by atoms with Gasteiger partial charge in [-0.1, -0.05) is 90.1 Å². The Kier molecular flexibility index (Phi) is 6.07. The van der Waals surface area contributed by atoms with E-state index in [1.54, 1.807) is 0 Å². The number of fused-ring (bicyclic) bond motifs is 2. The molecule has 210 valence electrons. The maximum atomic E-state index is 14.7. The second-order valence-electron chi connectivity index (χ2n) is 13.3. The third kappa shape index (κ3) is 3.74. The van der Waals surface area contributed by atoms with Crippen LogP contribution in [0.1, 0.15) is 73.4 Å². The van der Waals surface area contributed by atoms with Crippen LogP contribution in [0.25, 0.3) is 43.1 Å². The van der Waals surface area contributed by atoms with Gasteiger partial charge < -0.3 is 0 Å². The molecule has 0 N–H and O–H groups in total. The minimum Gasteiger partial charge on any atom is -0.268 e. The van der Waals surface area contributed by atoms with Gasteiger partial charge in [-0.3, -0.25) is 9.59 Å². The first kappa shape index (κ1) is 28.0. The van der Waals surface area contributed by atoms with E-state index in [-0.39, 0.29) is 22.6 Å². The minimum atomic E-state index is -0.329. The maximum Gasteiger partial charge on any atom is 0.267 e. The monoisotopic (exact) mass is 743 g/mol. The van der Waals surface area contributed by atoms with Crippen molar-refractivity contribution in [3.8, 4) is 0 Å². The van der Waals surface area contributed by atoms with Gasteiger partial charge in [0.05, 0.1) is 16.8 Å². The fraction of sp³-hybridized carbons (Fsp3) is 0.222. The number of hydrogen-bond donors (Lipinski definition) is 0. The number of nitrogens with zero attached hydrogens (tertiary/aromatic N) is 1. The van der Waals surface area contributed by atoms with Gasteiger partial charge in [-0.25, -0.2) is 4.90 Å². The molecule has 0 saturated heterocycles. The van der Waals surface area contributed by atoms with Gasteiger partial charge in [0, 0.05) is 29.6 Å². The summed E-state index contributed by atoms with van der Waals surface area (Å²) in [5.74, 6) is -0.649. The van der Waals surface area contributed by atoms with Crippen LogP contribution in [0.15, 0.2) is 74.1 Å². The molecule has 6 aromatic rings. The zero-order chi connectivity index (χ0) is 30.0. The molecule has 0 bridgehead atoms. The van der Waals surface area contributed by atoms with Crippen molar-refractivity contribution in [1.82, 2.24) is 0 Å². The topological polar surface area (TPSA) is 37.4 Å². The lowest BCUT2D eigenvalue weighted by molar-refractivity contribution is 0.0892. The molecule has 3 nitrogen and oxygen atoms in total. The molecule has 1 heterocycles. The average molecular weight is 746 g/mol. The maximum absolute atomic E-state index is 14.7. The lowest BCUT2D eigenvalue weighted by Gasteiger charge is -2.35. The predicted octanol–water partition coefficient (Wildman–Crippen LogP) is 11.4. The minimum absolute atomic E-state index is 0.162. The molecule has 6 aromatic carbocycles. The molecular formula is C36H28Br3NO2. The predicted molar refractivity (Wildman–Crippen MR) is 186 cm³/mol. The first-order valence-electron chi connectivity index (χ1n) is 13.9. The largest absolute Gasteiger partial charge is 0.268 e. The van der Waals surface area contributed by atoms with Crippen molar-refractivity contribution < 1.29 is 9.59 Å². The van der Waals surface area contributed by atoms with E-state index >= 15 is 0 Å². The van der Waals surface area contributed by atoms with Gasteiger partial charge in [-0.2, -0.15) is 0 Å². The summed E-state index contributed by atoms with van der Waals surface area (Å²) in [5, 5.41) is 8.10. The molecule has 0 saturated carbocycles. The fourth-order valence-electron chi connectivity index (χ4n) is 6.60. The van der Waals surface area contributed by atoms with E-state index in [0.717, 1.165) is 47.9 Å². The number of carbonyl (C=O) groups excluding carboxylic acids is 2. The second kappa shape index (κ2) is 9.10. The Labute approximate surface area is 270 Å². The summed E-state index contributed by atoms with van der Waals surface area (Å²) < 4.78 is 2.14. The highest BCUT2D eigenvalue weighted by Gasteiger charge is 2.41. The average Bonchev–Trinajstić information content (AvgIpc) is 2.91. The molecule has 0 radical (unpaired) electrons. The number of halogens is 3. The van der Waals surface area contributed by atoms with Crippen molar-refractivity contribution in [1.29, 1.82) is 0 Å². The van der Waals surface area contributed by atoms with Crippen molar-refractivity contribution >= 4 is 108 Å². The number of carbonyl (C=O) groups is 2. The Morgan fingerprint density at radius 3 is 1.88 bits per heavy atom. The van der Waals surface area contributed by atoms with Gasteiger partial charge in [0.25, 0.3) is 11.8 Å². The van der Waals surface area contributed by atoms with Crippen LogP contribution in [0.5, 0.6) is 0 Å². The third-order valence-corrected chi connectivity index (χ3v) is 11.4. The molecule has 0 aromatic heterocycles. The third-order valence-electron chi connectivity index (χ3n) is 8.62. The van der Waals surface area contributed by atoms with Crippen LogP contribution in [0, 0.1) is 0 Å². The molecule has 42 heavy (non-hydrogen) atoms. The summed E-state index contributed by atoms with van der Waals surface area (Å²) in [4.78, 5) is 30.8. The van der Waals surface area contributed by atoms with E-state index < -0.39 is 0 Å². The van der Waals surface area contributed by atoms with Crippen LogP contribution < -0.4 is 4.90 Å². The van der Waals surface area contributed by atoms with Gasteiger partial charge >= 0.3 is 0 Å². The number of rotatable bonds is 1. The van der Waals surface area contributed by atoms with Crippen LogP contribution in [0.2, 0.25) is 0 Å². The summed E-state index contributed by atoms with van der Waals surface area (Å²) in [6, 6.07) is 20.9. The molecule has 1 aliphatic rings. The first-order chi connectivity index (χ1) is 19.7. The Morgan fingerprint density at radius 1 is 0.595 bits per heavy atom. The summed E-state index contributed by atoms with van der Waals surface area (Å²) in [6.45, 7) is 12.8. The van der Waals surface area contributed by atoms with Gasteiger partial charge in [-0.15, -0.1) is 0 Å². The molecule has 0 aliphatic carbocycles. The Balaban J connectivity index is 1.64. The number of amides is 2. The van der Waals surface area contributed by atoms with E-state index in [0.29, 0.717) is 31.1 Å². The summed E-state index contributed by atoms with van der Waals surface area (Å²) in [7, 11) is 0. The molecule has 2 amide bonds. The molecule has 0 unspecified atom stereocenters. The highest BCUT2D eigenvalue weighted by molar-refractivity contribution is 9.13. The van der Waals surface area contributed by atoms with Gasteiger partial charge in [0.1, 0.15) is 0 Å². The zero-order valence-corrected chi connectivity index (χ0v) is 28.9. The summed E-state index contributed by atoms with van der Waals surface area (Å²) >= 11 is 11.5. The normalized spacial score (nSPS) is 14.4. The van der Waals surface area contributed by atoms with Crippen molar-refractivity contribution in [3.05, 3.63) is 96.3 Å². The summed E-state index contributed by atoms with van der Waals surface area (Å²) in [6.07, 6.45) is 0. The van der Waals surface area contributed by atoms with Crippen molar-refractivity contribution in [2.45, 2.75) is 52.4 Å². The van der Waals surface area contributed by atoms with Crippen LogP contribution in [-0.4, -0.2) is 11.8 Å². The van der Waals surface area contributed by atoms with Crippen molar-refractivity contribution in [3.63, 3.8) is 0 Å². The second-order valence-corrected chi connectivity index (χ2v) is 15.7. The summed E-state index contributed by atoms with van der Waals surface area (Å²) in [5.41, 5.74) is 3.17. The number of benzene rings is 6. The standard InChI is InChI=1S/C36H28Br3NO2/c1-35(2,3)18-13-14-22(36(4,5)6)24(15-18)40-33(41)28-23(37)16-21-19-11-7-9-17-10-8-12-20(25(17)19)27-26(21)29(28)30(34(40)42)32(39)31(27)38/h7-16H,1-6H3. The van der Waals surface area contributed by atoms with E-state index in [9.17, 15) is 9.59 Å². The Bertz CT molecular complexity index is 2180. The lowest BCUT2D eigenvalue weighted by Crippen LogP contribution is -2.42. The van der Waals surface area contributed by atoms with Crippen LogP contribution >= 0.6 is 47.8 Å². The van der Waals surface area contributed by atoms with Gasteiger partial charge in [0.15, 0.2) is 0 Å². The van der Waals surface area contributed by atoms with E-state index in [1.807, 2.05) is 6.07 Å². The van der Waals surface area contributed by atoms with Crippen molar-refractivity contribution in [2.24, 2.45) is 0 Å². The Morgan fingerprint density at radius 2 is 1.24 bits per heavy atom. The van der Waals surface area contributed by atoms with Gasteiger partial charge in [0.2, 0.25) is 0 Å². The number of imide groups is 1. The number of anilines is 1. The molecule has 0 atom stereocenters. The molecule has 1 aliphatic heterocycles. The van der Waals surface area contributed by atoms with E-state index in [4.69, 9.17) is 0 Å². The lowest BCUT2D eigenvalue weighted by atomic mass is 9.80. The van der Waals surface area contributed by atoms with Gasteiger partial charge in [-0.05, 0) is 109 Å². The van der Waals surface area contributed by atoms with E-state index in [1.165, 1.54) is 10.3 Å². The highest BCUT2D eigenvalue weighted by Crippen LogP contribution is 2.52. The highest BCUT2D eigenvalue weighted by atomic mass is 79.9. The van der Waals surface area contributed by atoms with Crippen LogP contribution in [-0.2, 0) is 10.8 Å². The van der Waals surface area contributed by atoms with Crippen molar-refractivity contribution in [2.75, 3.05) is 4.90 Å². The smallest absolute Gasteiger partial charge is 0.267 e. The molecule has 0 fully saturated rings. The molecule has 7 rings (SSSR count). The number of hydrogen-bond acceptors (Lipinski definition) is 2. The first-order valence-corrected chi connectivity index (χ1v) is 16.3. The molecular weight excluding hydrogens is 718 g/mol. The quantitative estimate of drug-likeness (QED) is 0.0955. The fourth-order valence-corrected chi connectivity index (χ4v) is 8.37. The van der Waals surface area contributed by atoms with Crippen LogP contribution in [0.4, 0.5) is 5.69 Å². The zero-order valence-electron chi connectivity index (χ0n) is 24.2. The molecule has 0 spiro atoms.